The van der Waals surface area contributed by atoms with E-state index in [-0.39, 0.29) is 96.7 Å². The van der Waals surface area contributed by atoms with Gasteiger partial charge in [0.15, 0.2) is 11.6 Å². The van der Waals surface area contributed by atoms with E-state index in [0.717, 1.165) is 62.6 Å². The van der Waals surface area contributed by atoms with Gasteiger partial charge in [0.05, 0.1) is 44.3 Å². The van der Waals surface area contributed by atoms with Gasteiger partial charge in [-0.1, -0.05) is 65.9 Å². The Bertz CT molecular complexity index is 2610. The van der Waals surface area contributed by atoms with Gasteiger partial charge in [-0.3, -0.25) is 53.3 Å². The van der Waals surface area contributed by atoms with Crippen LogP contribution in [0, 0.1) is 29.1 Å². The molecule has 0 spiro atoms. The van der Waals surface area contributed by atoms with E-state index in [1.54, 1.807) is 17.0 Å². The number of hydrogen-bond donors (Lipinski definition) is 5. The van der Waals surface area contributed by atoms with Crippen molar-refractivity contribution >= 4 is 64.4 Å². The van der Waals surface area contributed by atoms with Gasteiger partial charge in [-0.15, -0.1) is 0 Å². The van der Waals surface area contributed by atoms with Gasteiger partial charge in [-0.05, 0) is 93.1 Å². The van der Waals surface area contributed by atoms with E-state index < -0.39 is 64.9 Å². The first-order chi connectivity index (χ1) is 37.9. The fraction of sp³-hybridized carbons (Fsp3) is 0.655. The molecular weight excluding hydrogens is 1010 g/mol. The summed E-state index contributed by atoms with van der Waals surface area (Å²) < 4.78 is 11.4. The van der Waals surface area contributed by atoms with Crippen LogP contribution >= 0.6 is 0 Å². The van der Waals surface area contributed by atoms with Crippen LogP contribution in [0.2, 0.25) is 0 Å². The number of fused-ring (bicyclic) bond motifs is 2. The maximum atomic E-state index is 15.0. The lowest BCUT2D eigenvalue weighted by Crippen LogP contribution is -2.56. The highest BCUT2D eigenvalue weighted by Crippen LogP contribution is 2.45. The van der Waals surface area contributed by atoms with E-state index in [2.05, 4.69) is 36.6 Å². The number of anilines is 1. The molecule has 79 heavy (non-hydrogen) atoms. The van der Waals surface area contributed by atoms with Crippen LogP contribution in [0.1, 0.15) is 174 Å². The Morgan fingerprint density at radius 1 is 0.835 bits per heavy atom. The topological polar surface area (TPSA) is 282 Å². The fourth-order valence-electron chi connectivity index (χ4n) is 12.1. The molecule has 7 atom stereocenters. The molecule has 1 aromatic heterocycles. The quantitative estimate of drug-likeness (QED) is 0.0359. The molecule has 3 aliphatic carbocycles. The highest BCUT2D eigenvalue weighted by molar-refractivity contribution is 6.38. The average Bonchev–Trinajstić information content (AvgIpc) is 3.95. The Balaban J connectivity index is 0.791. The number of imide groups is 1. The number of aromatic nitrogens is 2. The van der Waals surface area contributed by atoms with Crippen LogP contribution in [-0.4, -0.2) is 148 Å². The Morgan fingerprint density at radius 3 is 2.27 bits per heavy atom. The lowest BCUT2D eigenvalue weighted by atomic mass is 9.74. The Labute approximate surface area is 462 Å². The number of Topliss-reactive ketones (excluding diaryl/α,β-unsaturated/α-hetero) is 3. The minimum Gasteiger partial charge on any atom is -0.382 e. The molecule has 2 saturated heterocycles. The molecule has 3 aliphatic heterocycles. The Kier molecular flexibility index (Phi) is 19.8. The lowest BCUT2D eigenvalue weighted by molar-refractivity contribution is -0.148. The minimum absolute atomic E-state index is 0.0177. The van der Waals surface area contributed by atoms with Gasteiger partial charge < -0.3 is 40.5 Å². The van der Waals surface area contributed by atoms with E-state index in [1.165, 1.54) is 17.3 Å². The Morgan fingerprint density at radius 2 is 1.57 bits per heavy atom. The SMILES string of the molecule is CCC[C@H](NC(=O)[C@@H]1[C@H]2CCC[C@H]2CN1C(=O)[C@@H](CC(=O)[C@@H](NC(=O)c1cnc(C(=O)CCCOCCOCCNc2cccc3c2CN(C2CCC(=O)NC2=O)C3=O)cn1)C1CCCCC1)C(C)(C)C)C(=O)C(=O)NC1CC1. The number of nitrogens with zero attached hydrogens (tertiary/aromatic N) is 4. The molecule has 0 bridgehead atoms. The van der Waals surface area contributed by atoms with Crippen molar-refractivity contribution in [1.29, 1.82) is 0 Å². The molecule has 4 heterocycles. The first-order valence-electron chi connectivity index (χ1n) is 28.7. The van der Waals surface area contributed by atoms with Gasteiger partial charge in [-0.25, -0.2) is 9.97 Å². The van der Waals surface area contributed by atoms with Crippen molar-refractivity contribution in [3.63, 3.8) is 0 Å². The van der Waals surface area contributed by atoms with Crippen molar-refractivity contribution in [2.45, 2.75) is 174 Å². The number of carbonyl (C=O) groups excluding carboxylic acids is 10. The van der Waals surface area contributed by atoms with Gasteiger partial charge in [0.25, 0.3) is 17.7 Å². The molecule has 0 radical (unpaired) electrons. The number of ketones is 3. The summed E-state index contributed by atoms with van der Waals surface area (Å²) in [6, 6.07) is 1.87. The highest BCUT2D eigenvalue weighted by atomic mass is 16.5. The van der Waals surface area contributed by atoms with Crippen LogP contribution in [0.4, 0.5) is 5.69 Å². The van der Waals surface area contributed by atoms with Gasteiger partial charge in [0.1, 0.15) is 23.5 Å². The Hall–Kier alpha value is -6.48. The first-order valence-corrected chi connectivity index (χ1v) is 28.7. The van der Waals surface area contributed by atoms with E-state index >= 15 is 0 Å². The third-order valence-corrected chi connectivity index (χ3v) is 16.7. The van der Waals surface area contributed by atoms with Crippen LogP contribution in [0.5, 0.6) is 0 Å². The molecule has 7 amide bonds. The standard InChI is InChI=1S/C58H79N9O12/c1-5-12-42(51(71)55(75)62-36-20-21-36)63-54(74)50-37-16-9-15-35(37)32-67(50)57(77)40(58(2,3)4)29-47(69)49(34-13-7-6-8-14-34)65-52(72)44-31-60-43(30-61-44)46(68)19-11-25-78-27-28-79-26-24-59-41-18-10-17-38-39(41)33-66(56(38)76)45-22-23-48(70)64-53(45)73/h10,17-18,30-31,34-37,40,42,45,49-50,59H,5-9,11-16,19-29,32-33H2,1-4H3,(H,62,75)(H,63,74)(H,65,72)(H,64,70,73)/t35-,37-,40+,42-,45?,49-,50-/m0/s1. The molecule has 1 aromatic carbocycles. The van der Waals surface area contributed by atoms with Gasteiger partial charge in [0, 0.05) is 74.3 Å². The highest BCUT2D eigenvalue weighted by Gasteiger charge is 2.53. The molecule has 5 fully saturated rings. The molecule has 8 rings (SSSR count). The van der Waals surface area contributed by atoms with Crippen LogP contribution in [0.3, 0.4) is 0 Å². The van der Waals surface area contributed by atoms with Crippen LogP contribution < -0.4 is 26.6 Å². The molecule has 1 unspecified atom stereocenters. The monoisotopic (exact) mass is 1090 g/mol. The first kappa shape index (κ1) is 58.7. The average molecular weight is 1090 g/mol. The van der Waals surface area contributed by atoms with Crippen LogP contribution in [0.25, 0.3) is 0 Å². The van der Waals surface area contributed by atoms with Crippen molar-refractivity contribution < 1.29 is 57.4 Å². The smallest absolute Gasteiger partial charge is 0.289 e. The summed E-state index contributed by atoms with van der Waals surface area (Å²) in [6.45, 7) is 9.91. The molecule has 3 saturated carbocycles. The molecular formula is C58H79N9O12. The van der Waals surface area contributed by atoms with Crippen molar-refractivity contribution in [2.24, 2.45) is 29.1 Å². The molecule has 6 aliphatic rings. The number of benzene rings is 1. The largest absolute Gasteiger partial charge is 0.382 e. The van der Waals surface area contributed by atoms with Crippen molar-refractivity contribution in [3.05, 3.63) is 53.1 Å². The fourth-order valence-corrected chi connectivity index (χ4v) is 12.1. The zero-order valence-electron chi connectivity index (χ0n) is 46.2. The zero-order valence-corrected chi connectivity index (χ0v) is 46.2. The number of ether oxygens (including phenoxy) is 2. The second-order valence-corrected chi connectivity index (χ2v) is 23.4. The van der Waals surface area contributed by atoms with Crippen molar-refractivity contribution in [2.75, 3.05) is 44.8 Å². The van der Waals surface area contributed by atoms with E-state index in [4.69, 9.17) is 9.47 Å². The molecule has 2 aromatic rings. The second-order valence-electron chi connectivity index (χ2n) is 23.4. The summed E-state index contributed by atoms with van der Waals surface area (Å²) >= 11 is 0. The summed E-state index contributed by atoms with van der Waals surface area (Å²) in [6.07, 6.45) is 12.5. The van der Waals surface area contributed by atoms with Crippen molar-refractivity contribution in [3.8, 4) is 0 Å². The van der Waals surface area contributed by atoms with Crippen molar-refractivity contribution in [1.82, 2.24) is 41.0 Å². The summed E-state index contributed by atoms with van der Waals surface area (Å²) in [7, 11) is 0. The molecule has 21 heteroatoms. The van der Waals surface area contributed by atoms with E-state index in [0.29, 0.717) is 77.2 Å². The number of rotatable bonds is 27. The van der Waals surface area contributed by atoms with Gasteiger partial charge >= 0.3 is 0 Å². The summed E-state index contributed by atoms with van der Waals surface area (Å²) in [5.74, 6) is -5.44. The third kappa shape index (κ3) is 14.7. The van der Waals surface area contributed by atoms with Crippen LogP contribution in [-0.2, 0) is 49.6 Å². The van der Waals surface area contributed by atoms with Crippen LogP contribution in [0.15, 0.2) is 30.6 Å². The van der Waals surface area contributed by atoms with Gasteiger partial charge in [-0.2, -0.15) is 0 Å². The number of nitrogens with one attached hydrogen (secondary N) is 5. The maximum Gasteiger partial charge on any atom is 0.289 e. The van der Waals surface area contributed by atoms with E-state index in [1.807, 2.05) is 33.8 Å². The second kappa shape index (κ2) is 26.7. The molecule has 5 N–H and O–H groups in total. The summed E-state index contributed by atoms with van der Waals surface area (Å²) in [5, 5.41) is 14.2. The minimum atomic E-state index is -1.02. The number of hydrogen-bond acceptors (Lipinski definition) is 15. The molecule has 21 nitrogen and oxygen atoms in total. The predicted octanol–water partition coefficient (Wildman–Crippen LogP) is 4.41. The lowest BCUT2D eigenvalue weighted by Gasteiger charge is -2.37. The number of carbonyl (C=O) groups is 10. The normalized spacial score (nSPS) is 22.3. The van der Waals surface area contributed by atoms with E-state index in [9.17, 15) is 47.9 Å². The molecule has 428 valence electrons. The van der Waals surface area contributed by atoms with Gasteiger partial charge in [0.2, 0.25) is 29.4 Å². The number of piperidine rings is 1. The number of amides is 7. The number of likely N-dealkylation sites (tertiary alicyclic amines) is 1. The zero-order chi connectivity index (χ0) is 56.4. The summed E-state index contributed by atoms with van der Waals surface area (Å²) in [4.78, 5) is 146. The maximum absolute atomic E-state index is 15.0. The third-order valence-electron chi connectivity index (χ3n) is 16.7. The summed E-state index contributed by atoms with van der Waals surface area (Å²) in [5.41, 5.74) is 1.39. The predicted molar refractivity (Wildman–Crippen MR) is 288 cm³/mol.